The Morgan fingerprint density at radius 2 is 2.22 bits per heavy atom. The third kappa shape index (κ3) is 7.98. The quantitative estimate of drug-likeness (QED) is 0.564. The van der Waals surface area contributed by atoms with E-state index in [4.69, 9.17) is 9.79 Å². The number of hydrogen-bond donors (Lipinski definition) is 2. The Hall–Kier alpha value is -0.0200. The molecule has 0 aromatic rings. The minimum absolute atomic E-state index is 0.0214. The fourth-order valence-electron chi connectivity index (χ4n) is 0.271. The minimum Gasteiger partial charge on any atom is -0.328 e. The van der Waals surface area contributed by atoms with Crippen LogP contribution in [-0.4, -0.2) is 22.2 Å². The summed E-state index contributed by atoms with van der Waals surface area (Å²) >= 11 is 0. The van der Waals surface area contributed by atoms with Crippen LogP contribution in [0.1, 0.15) is 13.3 Å². The second-order valence-electron chi connectivity index (χ2n) is 1.54. The SMILES string of the molecule is CC(=O)CCOP(O)O. The van der Waals surface area contributed by atoms with Gasteiger partial charge in [0.15, 0.2) is 0 Å². The molecule has 0 radical (unpaired) electrons. The Morgan fingerprint density at radius 3 is 2.56 bits per heavy atom. The molecule has 0 fully saturated rings. The van der Waals surface area contributed by atoms with Crippen molar-refractivity contribution in [3.05, 3.63) is 0 Å². The van der Waals surface area contributed by atoms with Gasteiger partial charge in [-0.3, -0.25) is 4.79 Å². The lowest BCUT2D eigenvalue weighted by molar-refractivity contribution is -0.117. The molecule has 4 nitrogen and oxygen atoms in total. The molecule has 0 saturated carbocycles. The van der Waals surface area contributed by atoms with E-state index >= 15 is 0 Å². The molecule has 0 saturated heterocycles. The Kier molecular flexibility index (Phi) is 4.81. The van der Waals surface area contributed by atoms with Gasteiger partial charge in [0.05, 0.1) is 6.61 Å². The first-order valence-electron chi connectivity index (χ1n) is 2.43. The van der Waals surface area contributed by atoms with E-state index in [0.717, 1.165) is 0 Å². The highest BCUT2D eigenvalue weighted by Gasteiger charge is 1.99. The summed E-state index contributed by atoms with van der Waals surface area (Å²) in [5.74, 6) is -0.0214. The maximum absolute atomic E-state index is 10.2. The largest absolute Gasteiger partial charge is 0.328 e. The predicted molar refractivity (Wildman–Crippen MR) is 32.6 cm³/mol. The number of ketones is 1. The van der Waals surface area contributed by atoms with E-state index < -0.39 is 8.60 Å². The maximum Gasteiger partial charge on any atom is 0.327 e. The van der Waals surface area contributed by atoms with Crippen molar-refractivity contribution in [3.8, 4) is 0 Å². The zero-order chi connectivity index (χ0) is 7.28. The van der Waals surface area contributed by atoms with Gasteiger partial charge in [-0.25, -0.2) is 0 Å². The van der Waals surface area contributed by atoms with Crippen LogP contribution in [0.2, 0.25) is 0 Å². The van der Waals surface area contributed by atoms with E-state index in [0.29, 0.717) is 0 Å². The maximum atomic E-state index is 10.2. The molecule has 0 amide bonds. The summed E-state index contributed by atoms with van der Waals surface area (Å²) in [7, 11) is -2.28. The molecule has 0 aliphatic rings. The van der Waals surface area contributed by atoms with Crippen molar-refractivity contribution < 1.29 is 19.1 Å². The predicted octanol–water partition coefficient (Wildman–Crippen LogP) is 0.194. The van der Waals surface area contributed by atoms with Crippen LogP contribution in [-0.2, 0) is 9.32 Å². The van der Waals surface area contributed by atoms with Crippen molar-refractivity contribution in [2.24, 2.45) is 0 Å². The van der Waals surface area contributed by atoms with Crippen molar-refractivity contribution >= 4 is 14.4 Å². The molecule has 0 rings (SSSR count). The van der Waals surface area contributed by atoms with Gasteiger partial charge in [0.25, 0.3) is 0 Å². The van der Waals surface area contributed by atoms with Gasteiger partial charge in [-0.05, 0) is 6.92 Å². The molecule has 0 atom stereocenters. The smallest absolute Gasteiger partial charge is 0.327 e. The van der Waals surface area contributed by atoms with E-state index in [9.17, 15) is 4.79 Å². The lowest BCUT2D eigenvalue weighted by Crippen LogP contribution is -1.96. The second-order valence-corrected chi connectivity index (χ2v) is 2.30. The zero-order valence-corrected chi connectivity index (χ0v) is 5.97. The van der Waals surface area contributed by atoms with Crippen LogP contribution in [0.15, 0.2) is 0 Å². The van der Waals surface area contributed by atoms with Crippen LogP contribution >= 0.6 is 8.60 Å². The summed E-state index contributed by atoms with van der Waals surface area (Å²) in [5, 5.41) is 0. The molecule has 0 aliphatic heterocycles. The highest BCUT2D eigenvalue weighted by Crippen LogP contribution is 2.23. The minimum atomic E-state index is -2.28. The Bertz CT molecular complexity index is 92.6. The molecule has 0 aromatic heterocycles. The highest BCUT2D eigenvalue weighted by atomic mass is 31.2. The fourth-order valence-corrected chi connectivity index (χ4v) is 0.526. The van der Waals surface area contributed by atoms with Gasteiger partial charge in [-0.15, -0.1) is 0 Å². The molecule has 54 valence electrons. The average molecular weight is 152 g/mol. The van der Waals surface area contributed by atoms with Gasteiger partial charge in [-0.2, -0.15) is 0 Å². The van der Waals surface area contributed by atoms with Crippen LogP contribution in [0.4, 0.5) is 0 Å². The van der Waals surface area contributed by atoms with Crippen molar-refractivity contribution in [1.82, 2.24) is 0 Å². The molecule has 0 aromatic carbocycles. The third-order valence-electron chi connectivity index (χ3n) is 0.661. The first-order chi connectivity index (χ1) is 4.13. The lowest BCUT2D eigenvalue weighted by atomic mass is 10.3. The van der Waals surface area contributed by atoms with Crippen molar-refractivity contribution in [2.45, 2.75) is 13.3 Å². The first-order valence-corrected chi connectivity index (χ1v) is 3.59. The summed E-state index contributed by atoms with van der Waals surface area (Å²) in [6.07, 6.45) is 0.236. The van der Waals surface area contributed by atoms with Gasteiger partial charge in [0, 0.05) is 6.42 Å². The van der Waals surface area contributed by atoms with E-state index in [1.54, 1.807) is 0 Å². The van der Waals surface area contributed by atoms with E-state index in [-0.39, 0.29) is 18.8 Å². The van der Waals surface area contributed by atoms with E-state index in [2.05, 4.69) is 4.52 Å². The molecular weight excluding hydrogens is 143 g/mol. The fraction of sp³-hybridized carbons (Fsp3) is 0.750. The lowest BCUT2D eigenvalue weighted by Gasteiger charge is -1.99. The molecule has 2 N–H and O–H groups in total. The Morgan fingerprint density at radius 1 is 1.67 bits per heavy atom. The summed E-state index contributed by atoms with van der Waals surface area (Å²) in [4.78, 5) is 26.5. The Labute approximate surface area is 54.5 Å². The number of hydrogen-bond acceptors (Lipinski definition) is 4. The molecule has 9 heavy (non-hydrogen) atoms. The van der Waals surface area contributed by atoms with Crippen LogP contribution in [0.5, 0.6) is 0 Å². The number of carbonyl (C=O) groups excluding carboxylic acids is 1. The van der Waals surface area contributed by atoms with Crippen LogP contribution in [0, 0.1) is 0 Å². The van der Waals surface area contributed by atoms with Crippen molar-refractivity contribution in [2.75, 3.05) is 6.61 Å². The van der Waals surface area contributed by atoms with Crippen LogP contribution in [0.25, 0.3) is 0 Å². The first kappa shape index (κ1) is 8.98. The summed E-state index contributed by atoms with van der Waals surface area (Å²) < 4.78 is 4.31. The van der Waals surface area contributed by atoms with Gasteiger partial charge in [-0.1, -0.05) is 0 Å². The highest BCUT2D eigenvalue weighted by molar-refractivity contribution is 7.39. The van der Waals surface area contributed by atoms with E-state index in [1.807, 2.05) is 0 Å². The van der Waals surface area contributed by atoms with Gasteiger partial charge in [0.2, 0.25) is 0 Å². The average Bonchev–Trinajstić information content (AvgIpc) is 1.63. The summed E-state index contributed by atoms with van der Waals surface area (Å²) in [6, 6.07) is 0. The number of carbonyl (C=O) groups is 1. The molecule has 0 heterocycles. The Balaban J connectivity index is 3.01. The van der Waals surface area contributed by atoms with Crippen molar-refractivity contribution in [1.29, 1.82) is 0 Å². The molecule has 0 bridgehead atoms. The molecular formula is C4H9O4P. The monoisotopic (exact) mass is 152 g/mol. The van der Waals surface area contributed by atoms with Gasteiger partial charge < -0.3 is 14.3 Å². The topological polar surface area (TPSA) is 66.8 Å². The summed E-state index contributed by atoms with van der Waals surface area (Å²) in [6.45, 7) is 1.51. The standard InChI is InChI=1S/C4H9O4P/c1-4(5)2-3-8-9(6)7/h6-7H,2-3H2,1H3. The number of Topliss-reactive ketones (excluding diaryl/α,β-unsaturated/α-hetero) is 1. The molecule has 0 unspecified atom stereocenters. The zero-order valence-electron chi connectivity index (χ0n) is 5.07. The van der Waals surface area contributed by atoms with Crippen LogP contribution in [0.3, 0.4) is 0 Å². The third-order valence-corrected chi connectivity index (χ3v) is 1.07. The molecule has 0 aliphatic carbocycles. The van der Waals surface area contributed by atoms with Gasteiger partial charge in [0.1, 0.15) is 5.78 Å². The number of rotatable bonds is 4. The molecule has 0 spiro atoms. The molecule has 5 heteroatoms. The van der Waals surface area contributed by atoms with Crippen LogP contribution < -0.4 is 0 Å². The van der Waals surface area contributed by atoms with Crippen molar-refractivity contribution in [3.63, 3.8) is 0 Å². The van der Waals surface area contributed by atoms with E-state index in [1.165, 1.54) is 6.92 Å². The summed E-state index contributed by atoms with van der Waals surface area (Å²) in [5.41, 5.74) is 0. The van der Waals surface area contributed by atoms with Gasteiger partial charge >= 0.3 is 8.60 Å². The normalized spacial score (nSPS) is 10.2. The second kappa shape index (κ2) is 4.82.